The van der Waals surface area contributed by atoms with E-state index in [9.17, 15) is 9.59 Å². The van der Waals surface area contributed by atoms with E-state index in [1.165, 1.54) is 4.90 Å². The first-order chi connectivity index (χ1) is 15.7. The highest BCUT2D eigenvalue weighted by Crippen LogP contribution is 2.26. The Bertz CT molecular complexity index is 900. The molecule has 2 aliphatic heterocycles. The summed E-state index contributed by atoms with van der Waals surface area (Å²) in [4.78, 5) is 38.9. The fourth-order valence-corrected chi connectivity index (χ4v) is 4.39. The molecule has 1 N–H and O–H groups in total. The number of nitrogens with one attached hydrogen (secondary N) is 1. The van der Waals surface area contributed by atoms with E-state index in [2.05, 4.69) is 15.3 Å². The normalized spacial score (nSPS) is 19.6. The van der Waals surface area contributed by atoms with Crippen LogP contribution in [0.25, 0.3) is 0 Å². The third-order valence-corrected chi connectivity index (χ3v) is 6.22. The number of hydrogen-bond acceptors (Lipinski definition) is 6. The molecule has 3 heterocycles. The molecule has 2 aliphatic rings. The summed E-state index contributed by atoms with van der Waals surface area (Å²) in [6, 6.07) is 9.05. The average Bonchev–Trinajstić information content (AvgIpc) is 2.85. The second-order valence-corrected chi connectivity index (χ2v) is 8.33. The molecule has 0 aliphatic carbocycles. The number of rotatable bonds is 6. The van der Waals surface area contributed by atoms with Gasteiger partial charge >= 0.3 is 6.09 Å². The Balaban J connectivity index is 1.57. The summed E-state index contributed by atoms with van der Waals surface area (Å²) in [6.45, 7) is 4.68. The Kier molecular flexibility index (Phi) is 7.32. The van der Waals surface area contributed by atoms with Crippen molar-refractivity contribution in [1.82, 2.24) is 20.2 Å². The molecule has 4 rings (SSSR count). The van der Waals surface area contributed by atoms with Gasteiger partial charge in [-0.3, -0.25) is 4.79 Å². The molecule has 0 unspecified atom stereocenters. The van der Waals surface area contributed by atoms with Gasteiger partial charge in [-0.25, -0.2) is 19.7 Å². The molecule has 2 amide bonds. The van der Waals surface area contributed by atoms with Crippen LogP contribution < -0.4 is 10.2 Å². The van der Waals surface area contributed by atoms with Crippen LogP contribution in [0.1, 0.15) is 43.7 Å². The highest BCUT2D eigenvalue weighted by molar-refractivity contribution is 5.96. The number of carbonyl (C=O) groups is 2. The lowest BCUT2D eigenvalue weighted by atomic mass is 9.97. The summed E-state index contributed by atoms with van der Waals surface area (Å²) in [5.74, 6) is 0.175. The first kappa shape index (κ1) is 22.2. The van der Waals surface area contributed by atoms with Gasteiger partial charge in [-0.2, -0.15) is 0 Å². The number of hydrogen-bond donors (Lipinski definition) is 1. The topological polar surface area (TPSA) is 87.7 Å². The summed E-state index contributed by atoms with van der Waals surface area (Å²) < 4.78 is 5.61. The van der Waals surface area contributed by atoms with E-state index in [1.54, 1.807) is 12.4 Å². The lowest BCUT2D eigenvalue weighted by molar-refractivity contribution is -0.138. The molecule has 2 aromatic rings. The molecule has 0 bridgehead atoms. The predicted octanol–water partition coefficient (Wildman–Crippen LogP) is 2.93. The fourth-order valence-electron chi connectivity index (χ4n) is 4.39. The van der Waals surface area contributed by atoms with Gasteiger partial charge in [-0.05, 0) is 56.3 Å². The molecule has 8 heteroatoms. The van der Waals surface area contributed by atoms with Crippen molar-refractivity contribution < 1.29 is 14.3 Å². The molecule has 0 saturated carbocycles. The van der Waals surface area contributed by atoms with Crippen LogP contribution in [0.2, 0.25) is 0 Å². The zero-order valence-electron chi connectivity index (χ0n) is 18.6. The average molecular weight is 438 g/mol. The van der Waals surface area contributed by atoms with Crippen molar-refractivity contribution in [3.63, 3.8) is 0 Å². The van der Waals surface area contributed by atoms with Crippen molar-refractivity contribution in [1.29, 1.82) is 0 Å². The second-order valence-electron chi connectivity index (χ2n) is 8.33. The van der Waals surface area contributed by atoms with Crippen molar-refractivity contribution in [2.24, 2.45) is 0 Å². The van der Waals surface area contributed by atoms with Crippen LogP contribution in [0.3, 0.4) is 0 Å². The highest BCUT2D eigenvalue weighted by Gasteiger charge is 2.41. The zero-order valence-corrected chi connectivity index (χ0v) is 18.6. The minimum atomic E-state index is -0.658. The molecule has 2 saturated heterocycles. The summed E-state index contributed by atoms with van der Waals surface area (Å²) >= 11 is 0. The zero-order chi connectivity index (χ0) is 22.3. The van der Waals surface area contributed by atoms with Gasteiger partial charge in [0.15, 0.2) is 0 Å². The smallest absolute Gasteiger partial charge is 0.417 e. The third-order valence-electron chi connectivity index (χ3n) is 6.22. The second kappa shape index (κ2) is 10.5. The Labute approximate surface area is 189 Å². The van der Waals surface area contributed by atoms with Crippen LogP contribution in [-0.2, 0) is 22.6 Å². The third kappa shape index (κ3) is 5.07. The van der Waals surface area contributed by atoms with Gasteiger partial charge < -0.3 is 15.0 Å². The van der Waals surface area contributed by atoms with Gasteiger partial charge in [0.25, 0.3) is 0 Å². The molecule has 8 nitrogen and oxygen atoms in total. The van der Waals surface area contributed by atoms with E-state index in [4.69, 9.17) is 4.74 Å². The van der Waals surface area contributed by atoms with Gasteiger partial charge in [0.1, 0.15) is 12.6 Å². The molecule has 1 atom stereocenters. The number of aryl methyl sites for hydroxylation is 1. The first-order valence-electron chi connectivity index (χ1n) is 11.5. The largest absolute Gasteiger partial charge is 0.444 e. The van der Waals surface area contributed by atoms with Crippen LogP contribution in [0.15, 0.2) is 42.7 Å². The van der Waals surface area contributed by atoms with Crippen molar-refractivity contribution in [2.75, 3.05) is 24.5 Å². The molecule has 0 spiro atoms. The number of anilines is 1. The van der Waals surface area contributed by atoms with Crippen molar-refractivity contribution in [3.8, 4) is 0 Å². The molecule has 170 valence electrons. The summed E-state index contributed by atoms with van der Waals surface area (Å²) in [5, 5.41) is 3.35. The maximum absolute atomic E-state index is 13.5. The molecule has 32 heavy (non-hydrogen) atoms. The minimum absolute atomic E-state index is 0.0389. The van der Waals surface area contributed by atoms with Crippen molar-refractivity contribution >= 4 is 17.9 Å². The van der Waals surface area contributed by atoms with E-state index in [1.807, 2.05) is 42.2 Å². The summed E-state index contributed by atoms with van der Waals surface area (Å²) in [5.41, 5.74) is 1.85. The Hall–Kier alpha value is -3.00. The Morgan fingerprint density at radius 3 is 2.53 bits per heavy atom. The number of aromatic nitrogens is 2. The van der Waals surface area contributed by atoms with Gasteiger partial charge in [-0.15, -0.1) is 0 Å². The minimum Gasteiger partial charge on any atom is -0.444 e. The SMILES string of the molecule is CCc1cnc(N(C(=O)OCc2ccccc2)[C@@H]2CCCN(C3CCNCC3)C2=O)nc1. The number of benzene rings is 1. The van der Waals surface area contributed by atoms with Crippen molar-refractivity contribution in [2.45, 2.75) is 57.7 Å². The number of ether oxygens (including phenoxy) is 1. The highest BCUT2D eigenvalue weighted by atomic mass is 16.6. The standard InChI is InChI=1S/C24H31N5O3/c1-2-18-15-26-23(27-16-18)29(24(31)32-17-19-7-4-3-5-8-19)21-9-6-14-28(22(21)30)20-10-12-25-13-11-20/h3-5,7-8,15-16,20-21,25H,2,6,9-14,17H2,1H3/t21-/m1/s1. The van der Waals surface area contributed by atoms with Crippen LogP contribution in [0.4, 0.5) is 10.7 Å². The monoisotopic (exact) mass is 437 g/mol. The van der Waals surface area contributed by atoms with E-state index in [0.717, 1.165) is 56.4 Å². The number of amides is 2. The van der Waals surface area contributed by atoms with Crippen molar-refractivity contribution in [3.05, 3.63) is 53.9 Å². The fraction of sp³-hybridized carbons (Fsp3) is 0.500. The number of piperidine rings is 2. The van der Waals surface area contributed by atoms with Gasteiger partial charge in [0.05, 0.1) is 0 Å². The quantitative estimate of drug-likeness (QED) is 0.748. The maximum atomic E-state index is 13.5. The van der Waals surface area contributed by atoms with E-state index in [0.29, 0.717) is 6.42 Å². The lowest BCUT2D eigenvalue weighted by Crippen LogP contribution is -2.58. The maximum Gasteiger partial charge on any atom is 0.417 e. The molecular formula is C24H31N5O3. The van der Waals surface area contributed by atoms with Gasteiger partial charge in [0, 0.05) is 25.0 Å². The Morgan fingerprint density at radius 1 is 1.12 bits per heavy atom. The predicted molar refractivity (Wildman–Crippen MR) is 121 cm³/mol. The van der Waals surface area contributed by atoms with Crippen LogP contribution in [0, 0.1) is 0 Å². The Morgan fingerprint density at radius 2 is 1.84 bits per heavy atom. The van der Waals surface area contributed by atoms with Crippen LogP contribution >= 0.6 is 0 Å². The summed E-state index contributed by atoms with van der Waals surface area (Å²) in [7, 11) is 0. The lowest BCUT2D eigenvalue weighted by Gasteiger charge is -2.42. The summed E-state index contributed by atoms with van der Waals surface area (Å²) in [6.07, 6.45) is 6.87. The van der Waals surface area contributed by atoms with E-state index >= 15 is 0 Å². The molecule has 1 aromatic carbocycles. The van der Waals surface area contributed by atoms with Crippen LogP contribution in [0.5, 0.6) is 0 Å². The van der Waals surface area contributed by atoms with E-state index < -0.39 is 12.1 Å². The molecule has 1 aromatic heterocycles. The first-order valence-corrected chi connectivity index (χ1v) is 11.5. The number of nitrogens with zero attached hydrogens (tertiary/aromatic N) is 4. The molecule has 2 fully saturated rings. The number of likely N-dealkylation sites (tertiary alicyclic amines) is 1. The van der Waals surface area contributed by atoms with Gasteiger partial charge in [-0.1, -0.05) is 37.3 Å². The number of carbonyl (C=O) groups excluding carboxylic acids is 2. The van der Waals surface area contributed by atoms with Crippen LogP contribution in [-0.4, -0.2) is 58.6 Å². The van der Waals surface area contributed by atoms with E-state index in [-0.39, 0.29) is 24.5 Å². The van der Waals surface area contributed by atoms with Gasteiger partial charge in [0.2, 0.25) is 11.9 Å². The molecule has 0 radical (unpaired) electrons. The molecular weight excluding hydrogens is 406 g/mol.